The van der Waals surface area contributed by atoms with Crippen LogP contribution in [0.3, 0.4) is 0 Å². The standard InChI is InChI=1S/C17H14N4O2S2/c1-21-17(10-14(19-21)15-5-3-9-24-15)20-25(22,23)16-6-2-4-12-11-18-8-7-13(12)16/h2-11,20H,1H3. The molecule has 8 heteroatoms. The number of hydrogen-bond donors (Lipinski definition) is 1. The number of nitrogens with one attached hydrogen (secondary N) is 1. The van der Waals surface area contributed by atoms with Gasteiger partial charge in [0.05, 0.1) is 9.77 Å². The first-order chi connectivity index (χ1) is 12.0. The third-order valence-corrected chi connectivity index (χ3v) is 6.13. The van der Waals surface area contributed by atoms with E-state index >= 15 is 0 Å². The van der Waals surface area contributed by atoms with Crippen molar-refractivity contribution < 1.29 is 8.42 Å². The lowest BCUT2D eigenvalue weighted by atomic mass is 10.2. The number of nitrogens with zero attached hydrogens (tertiary/aromatic N) is 3. The van der Waals surface area contributed by atoms with Gasteiger partial charge in [-0.2, -0.15) is 5.10 Å². The van der Waals surface area contributed by atoms with E-state index in [0.29, 0.717) is 11.2 Å². The maximum Gasteiger partial charge on any atom is 0.263 e. The zero-order valence-corrected chi connectivity index (χ0v) is 14.9. The van der Waals surface area contributed by atoms with Crippen LogP contribution in [0.25, 0.3) is 21.3 Å². The molecular formula is C17H14N4O2S2. The molecule has 0 aliphatic carbocycles. The zero-order chi connectivity index (χ0) is 17.4. The molecule has 0 amide bonds. The van der Waals surface area contributed by atoms with Gasteiger partial charge in [-0.1, -0.05) is 18.2 Å². The van der Waals surface area contributed by atoms with E-state index in [1.807, 2.05) is 23.6 Å². The van der Waals surface area contributed by atoms with Gasteiger partial charge in [-0.15, -0.1) is 11.3 Å². The molecule has 6 nitrogen and oxygen atoms in total. The molecule has 1 aromatic carbocycles. The summed E-state index contributed by atoms with van der Waals surface area (Å²) in [5.41, 5.74) is 0.734. The van der Waals surface area contributed by atoms with Crippen molar-refractivity contribution in [3.63, 3.8) is 0 Å². The maximum absolute atomic E-state index is 12.9. The highest BCUT2D eigenvalue weighted by Gasteiger charge is 2.20. The molecule has 0 spiro atoms. The number of sulfonamides is 1. The Labute approximate surface area is 148 Å². The van der Waals surface area contributed by atoms with Gasteiger partial charge in [-0.05, 0) is 23.6 Å². The highest BCUT2D eigenvalue weighted by molar-refractivity contribution is 7.93. The molecule has 0 saturated carbocycles. The molecule has 0 unspecified atom stereocenters. The number of anilines is 1. The highest BCUT2D eigenvalue weighted by atomic mass is 32.2. The van der Waals surface area contributed by atoms with E-state index in [-0.39, 0.29) is 4.90 Å². The van der Waals surface area contributed by atoms with E-state index in [1.165, 1.54) is 4.68 Å². The van der Waals surface area contributed by atoms with Crippen molar-refractivity contribution in [2.75, 3.05) is 4.72 Å². The molecule has 0 aliphatic heterocycles. The van der Waals surface area contributed by atoms with Crippen LogP contribution >= 0.6 is 11.3 Å². The van der Waals surface area contributed by atoms with E-state index in [0.717, 1.165) is 16.0 Å². The molecule has 0 aliphatic rings. The van der Waals surface area contributed by atoms with Gasteiger partial charge >= 0.3 is 0 Å². The van der Waals surface area contributed by atoms with Crippen molar-refractivity contribution in [2.45, 2.75) is 4.90 Å². The van der Waals surface area contributed by atoms with Crippen LogP contribution in [0, 0.1) is 0 Å². The number of benzene rings is 1. The maximum atomic E-state index is 12.9. The Morgan fingerprint density at radius 3 is 2.84 bits per heavy atom. The fourth-order valence-corrected chi connectivity index (χ4v) is 4.62. The Bertz CT molecular complexity index is 1140. The number of aryl methyl sites for hydroxylation is 1. The van der Waals surface area contributed by atoms with Crippen molar-refractivity contribution in [3.8, 4) is 10.6 Å². The summed E-state index contributed by atoms with van der Waals surface area (Å²) in [6.07, 6.45) is 3.23. The summed E-state index contributed by atoms with van der Waals surface area (Å²) in [7, 11) is -2.04. The third-order valence-electron chi connectivity index (χ3n) is 3.82. The minimum atomic E-state index is -3.75. The van der Waals surface area contributed by atoms with Gasteiger partial charge in [0.2, 0.25) is 0 Å². The van der Waals surface area contributed by atoms with Crippen molar-refractivity contribution in [1.82, 2.24) is 14.8 Å². The van der Waals surface area contributed by atoms with Crippen LogP contribution in [0.15, 0.2) is 65.1 Å². The number of hydrogen-bond acceptors (Lipinski definition) is 5. The average Bonchev–Trinajstić information content (AvgIpc) is 3.24. The predicted molar refractivity (Wildman–Crippen MR) is 99.1 cm³/mol. The van der Waals surface area contributed by atoms with Crippen LogP contribution in [0.4, 0.5) is 5.82 Å². The molecule has 25 heavy (non-hydrogen) atoms. The van der Waals surface area contributed by atoms with Crippen molar-refractivity contribution >= 4 is 38.0 Å². The highest BCUT2D eigenvalue weighted by Crippen LogP contribution is 2.28. The number of pyridine rings is 1. The Kier molecular flexibility index (Phi) is 3.78. The van der Waals surface area contributed by atoms with Crippen molar-refractivity contribution in [2.24, 2.45) is 7.05 Å². The van der Waals surface area contributed by atoms with Crippen LogP contribution in [0.1, 0.15) is 0 Å². The lowest BCUT2D eigenvalue weighted by Gasteiger charge is -2.10. The quantitative estimate of drug-likeness (QED) is 0.596. The van der Waals surface area contributed by atoms with Crippen LogP contribution in [-0.4, -0.2) is 23.2 Å². The summed E-state index contributed by atoms with van der Waals surface area (Å²) < 4.78 is 29.9. The van der Waals surface area contributed by atoms with Crippen LogP contribution in [-0.2, 0) is 17.1 Å². The first-order valence-electron chi connectivity index (χ1n) is 7.48. The SMILES string of the molecule is Cn1nc(-c2cccs2)cc1NS(=O)(=O)c1cccc2cnccc12. The molecule has 0 fully saturated rings. The summed E-state index contributed by atoms with van der Waals surface area (Å²) in [4.78, 5) is 5.24. The fourth-order valence-electron chi connectivity index (χ4n) is 2.63. The average molecular weight is 370 g/mol. The fraction of sp³-hybridized carbons (Fsp3) is 0.0588. The van der Waals surface area contributed by atoms with Gasteiger partial charge in [0.15, 0.2) is 0 Å². The van der Waals surface area contributed by atoms with E-state index in [1.54, 1.807) is 55.0 Å². The van der Waals surface area contributed by atoms with Gasteiger partial charge in [0.25, 0.3) is 10.0 Å². The molecule has 3 aromatic heterocycles. The Hall–Kier alpha value is -2.71. The third kappa shape index (κ3) is 2.90. The molecule has 0 saturated heterocycles. The number of fused-ring (bicyclic) bond motifs is 1. The molecule has 4 rings (SSSR count). The molecular weight excluding hydrogens is 356 g/mol. The number of aromatic nitrogens is 3. The monoisotopic (exact) mass is 370 g/mol. The summed E-state index contributed by atoms with van der Waals surface area (Å²) in [5.74, 6) is 0.412. The van der Waals surface area contributed by atoms with Crippen LogP contribution < -0.4 is 4.72 Å². The molecule has 1 N–H and O–H groups in total. The lowest BCUT2D eigenvalue weighted by Crippen LogP contribution is -2.15. The minimum Gasteiger partial charge on any atom is -0.264 e. The number of thiophene rings is 1. The predicted octanol–water partition coefficient (Wildman–Crippen LogP) is 3.50. The van der Waals surface area contributed by atoms with Gasteiger partial charge in [0.1, 0.15) is 11.5 Å². The molecule has 126 valence electrons. The zero-order valence-electron chi connectivity index (χ0n) is 13.2. The smallest absolute Gasteiger partial charge is 0.263 e. The Morgan fingerprint density at radius 2 is 2.04 bits per heavy atom. The van der Waals surface area contributed by atoms with E-state index in [9.17, 15) is 8.42 Å². The molecule has 0 atom stereocenters. The first kappa shape index (κ1) is 15.8. The number of rotatable bonds is 4. The van der Waals surface area contributed by atoms with Crippen LogP contribution in [0.2, 0.25) is 0 Å². The molecule has 0 bridgehead atoms. The second-order valence-electron chi connectivity index (χ2n) is 5.47. The lowest BCUT2D eigenvalue weighted by molar-refractivity contribution is 0.601. The second kappa shape index (κ2) is 5.98. The summed E-state index contributed by atoms with van der Waals surface area (Å²) >= 11 is 1.55. The molecule has 3 heterocycles. The second-order valence-corrected chi connectivity index (χ2v) is 8.07. The van der Waals surface area contributed by atoms with Gasteiger partial charge in [-0.25, -0.2) is 8.42 Å². The van der Waals surface area contributed by atoms with Gasteiger partial charge in [0, 0.05) is 36.3 Å². The minimum absolute atomic E-state index is 0.214. The Balaban J connectivity index is 1.75. The molecule has 4 aromatic rings. The van der Waals surface area contributed by atoms with Gasteiger partial charge in [-0.3, -0.25) is 14.4 Å². The van der Waals surface area contributed by atoms with E-state index in [2.05, 4.69) is 14.8 Å². The van der Waals surface area contributed by atoms with Crippen molar-refractivity contribution in [3.05, 3.63) is 60.2 Å². The largest absolute Gasteiger partial charge is 0.264 e. The van der Waals surface area contributed by atoms with Gasteiger partial charge < -0.3 is 0 Å². The van der Waals surface area contributed by atoms with E-state index < -0.39 is 10.0 Å². The molecule has 0 radical (unpaired) electrons. The Morgan fingerprint density at radius 1 is 1.16 bits per heavy atom. The summed E-state index contributed by atoms with van der Waals surface area (Å²) in [6.45, 7) is 0. The van der Waals surface area contributed by atoms with E-state index in [4.69, 9.17) is 0 Å². The summed E-state index contributed by atoms with van der Waals surface area (Å²) in [5, 5.41) is 7.74. The normalized spacial score (nSPS) is 11.7. The first-order valence-corrected chi connectivity index (χ1v) is 9.84. The topological polar surface area (TPSA) is 76.9 Å². The van der Waals surface area contributed by atoms with Crippen LogP contribution in [0.5, 0.6) is 0 Å². The summed E-state index contributed by atoms with van der Waals surface area (Å²) in [6, 6.07) is 12.4. The van der Waals surface area contributed by atoms with Crippen molar-refractivity contribution in [1.29, 1.82) is 0 Å².